The molecule has 564 valence electrons. The van der Waals surface area contributed by atoms with Gasteiger partial charge in [-0.25, -0.2) is 4.57 Å². The van der Waals surface area contributed by atoms with Gasteiger partial charge in [0.2, 0.25) is 0 Å². The lowest BCUT2D eigenvalue weighted by molar-refractivity contribution is -0.870. The standard InChI is InChI=1S/C86H162NO8P/c1-6-8-10-12-14-16-18-20-22-24-26-28-30-32-34-36-38-40-41-42-43-44-45-47-49-51-53-55-57-59-61-63-65-67-69-71-73-75-77-79-86(89)95-84(83-94-96(90,91)93-81-80-87(3,4)5)82-92-85(88)78-76-74-72-70-68-66-64-62-60-58-56-54-52-50-48-46-39-37-35-33-31-29-27-25-23-21-19-17-15-13-11-9-7-2/h8,10,14,16,20,22,25-28,84H,6-7,9,11-13,15,17-19,21,23-24,29-83H2,1-5H3/p+1/b10-8-,16-14-,22-20-,27-25-,28-26-. The zero-order valence-electron chi connectivity index (χ0n) is 64.6. The zero-order chi connectivity index (χ0) is 69.7. The van der Waals surface area contributed by atoms with E-state index in [1.807, 2.05) is 21.1 Å². The summed E-state index contributed by atoms with van der Waals surface area (Å²) in [6, 6.07) is 0. The summed E-state index contributed by atoms with van der Waals surface area (Å²) in [5, 5.41) is 0. The van der Waals surface area contributed by atoms with Gasteiger partial charge in [0.05, 0.1) is 27.7 Å². The molecule has 0 aromatic carbocycles. The molecule has 0 rings (SSSR count). The minimum Gasteiger partial charge on any atom is -0.462 e. The molecule has 1 N–H and O–H groups in total. The first-order valence-electron chi connectivity index (χ1n) is 42.0. The van der Waals surface area contributed by atoms with Crippen molar-refractivity contribution >= 4 is 19.8 Å². The van der Waals surface area contributed by atoms with E-state index in [4.69, 9.17) is 18.5 Å². The van der Waals surface area contributed by atoms with Crippen molar-refractivity contribution in [3.8, 4) is 0 Å². The molecule has 96 heavy (non-hydrogen) atoms. The number of hydrogen-bond acceptors (Lipinski definition) is 7. The Morgan fingerprint density at radius 1 is 0.333 bits per heavy atom. The Bertz CT molecular complexity index is 1800. The van der Waals surface area contributed by atoms with E-state index in [-0.39, 0.29) is 25.6 Å². The first-order valence-corrected chi connectivity index (χ1v) is 43.5. The van der Waals surface area contributed by atoms with Gasteiger partial charge in [-0.15, -0.1) is 0 Å². The van der Waals surface area contributed by atoms with Crippen LogP contribution in [-0.2, 0) is 32.7 Å². The van der Waals surface area contributed by atoms with Crippen molar-refractivity contribution in [2.75, 3.05) is 47.5 Å². The molecule has 0 fully saturated rings. The molecule has 2 atom stereocenters. The number of allylic oxidation sites excluding steroid dienone is 10. The number of esters is 2. The Balaban J connectivity index is 3.88. The van der Waals surface area contributed by atoms with Crippen LogP contribution in [-0.4, -0.2) is 74.9 Å². The van der Waals surface area contributed by atoms with E-state index in [0.29, 0.717) is 23.9 Å². The van der Waals surface area contributed by atoms with Crippen LogP contribution in [0.2, 0.25) is 0 Å². The lowest BCUT2D eigenvalue weighted by Gasteiger charge is -2.24. The summed E-state index contributed by atoms with van der Waals surface area (Å²) in [6.07, 6.45) is 104. The molecule has 10 heteroatoms. The third-order valence-electron chi connectivity index (χ3n) is 19.0. The van der Waals surface area contributed by atoms with Gasteiger partial charge in [-0.1, -0.05) is 396 Å². The van der Waals surface area contributed by atoms with E-state index >= 15 is 0 Å². The first-order chi connectivity index (χ1) is 47.0. The molecule has 2 unspecified atom stereocenters. The van der Waals surface area contributed by atoms with Gasteiger partial charge in [-0.05, 0) is 77.0 Å². The lowest BCUT2D eigenvalue weighted by atomic mass is 10.0. The minimum absolute atomic E-state index is 0.0347. The third kappa shape index (κ3) is 80.7. The second kappa shape index (κ2) is 76.9. The molecule has 0 heterocycles. The Hall–Kier alpha value is -2.29. The Morgan fingerprint density at radius 2 is 0.594 bits per heavy atom. The smallest absolute Gasteiger partial charge is 0.462 e. The van der Waals surface area contributed by atoms with Crippen LogP contribution >= 0.6 is 7.82 Å². The number of unbranched alkanes of at least 4 members (excludes halogenated alkanes) is 55. The molecule has 0 aliphatic heterocycles. The van der Waals surface area contributed by atoms with Gasteiger partial charge in [-0.2, -0.15) is 0 Å². The van der Waals surface area contributed by atoms with E-state index in [1.54, 1.807) is 0 Å². The van der Waals surface area contributed by atoms with Crippen molar-refractivity contribution in [3.05, 3.63) is 60.8 Å². The highest BCUT2D eigenvalue weighted by Crippen LogP contribution is 2.43. The van der Waals surface area contributed by atoms with Crippen LogP contribution in [0.3, 0.4) is 0 Å². The van der Waals surface area contributed by atoms with Crippen molar-refractivity contribution in [1.82, 2.24) is 0 Å². The first kappa shape index (κ1) is 93.7. The fourth-order valence-electron chi connectivity index (χ4n) is 12.7. The fourth-order valence-corrected chi connectivity index (χ4v) is 13.4. The van der Waals surface area contributed by atoms with Gasteiger partial charge in [0, 0.05) is 12.8 Å². The van der Waals surface area contributed by atoms with Crippen LogP contribution < -0.4 is 0 Å². The maximum Gasteiger partial charge on any atom is 0.472 e. The largest absolute Gasteiger partial charge is 0.472 e. The van der Waals surface area contributed by atoms with Crippen molar-refractivity contribution < 1.29 is 42.1 Å². The summed E-state index contributed by atoms with van der Waals surface area (Å²) < 4.78 is 34.9. The van der Waals surface area contributed by atoms with Gasteiger partial charge < -0.3 is 18.9 Å². The van der Waals surface area contributed by atoms with Crippen LogP contribution in [0.4, 0.5) is 0 Å². The molecule has 0 spiro atoms. The predicted molar refractivity (Wildman–Crippen MR) is 418 cm³/mol. The summed E-state index contributed by atoms with van der Waals surface area (Å²) >= 11 is 0. The monoisotopic (exact) mass is 1370 g/mol. The number of phosphoric acid groups is 1. The average Bonchev–Trinajstić information content (AvgIpc) is 1.98. The van der Waals surface area contributed by atoms with Crippen molar-refractivity contribution in [1.29, 1.82) is 0 Å². The number of hydrogen-bond donors (Lipinski definition) is 1. The maximum atomic E-state index is 12.9. The van der Waals surface area contributed by atoms with E-state index in [9.17, 15) is 19.0 Å². The topological polar surface area (TPSA) is 108 Å². The van der Waals surface area contributed by atoms with Gasteiger partial charge in [-0.3, -0.25) is 18.6 Å². The number of quaternary nitrogens is 1. The molecule has 0 saturated heterocycles. The molecule has 0 aromatic rings. The van der Waals surface area contributed by atoms with Crippen LogP contribution in [0.25, 0.3) is 0 Å². The summed E-state index contributed by atoms with van der Waals surface area (Å²) in [5.41, 5.74) is 0. The number of carbonyl (C=O) groups is 2. The highest BCUT2D eigenvalue weighted by Gasteiger charge is 2.27. The van der Waals surface area contributed by atoms with Gasteiger partial charge in [0.1, 0.15) is 19.8 Å². The maximum absolute atomic E-state index is 12.9. The van der Waals surface area contributed by atoms with E-state index in [1.165, 1.54) is 334 Å². The molecule has 0 bridgehead atoms. The molecular weight excluding hydrogens is 1210 g/mol. The average molecular weight is 1370 g/mol. The SMILES string of the molecule is CC/C=C\C/C=C\C/C=C\C/C=C\CCCCCCCCCCCCCCCCCCCCCCCCCCCCC(=O)OC(COC(=O)CCCCCCCCCCCCCCCCCCCCCCC/C=C\CCCCCCCCCC)COP(=O)(O)OCC[N+](C)(C)C. The summed E-state index contributed by atoms with van der Waals surface area (Å²) in [4.78, 5) is 36.0. The number of carbonyl (C=O) groups excluding carboxylic acids is 2. The molecule has 0 saturated carbocycles. The zero-order valence-corrected chi connectivity index (χ0v) is 65.5. The van der Waals surface area contributed by atoms with Crippen molar-refractivity contribution in [2.45, 2.75) is 431 Å². The Kier molecular flexibility index (Phi) is 75.0. The Morgan fingerprint density at radius 3 is 0.896 bits per heavy atom. The van der Waals surface area contributed by atoms with Crippen molar-refractivity contribution in [2.24, 2.45) is 0 Å². The highest BCUT2D eigenvalue weighted by atomic mass is 31.2. The van der Waals surface area contributed by atoms with Crippen LogP contribution in [0.1, 0.15) is 425 Å². The predicted octanol–water partition coefficient (Wildman–Crippen LogP) is 28.1. The minimum atomic E-state index is -4.39. The van der Waals surface area contributed by atoms with E-state index in [0.717, 1.165) is 57.8 Å². The third-order valence-corrected chi connectivity index (χ3v) is 20.0. The van der Waals surface area contributed by atoms with Crippen LogP contribution in [0.15, 0.2) is 60.8 Å². The van der Waals surface area contributed by atoms with Crippen LogP contribution in [0.5, 0.6) is 0 Å². The number of ether oxygens (including phenoxy) is 2. The molecule has 0 aromatic heterocycles. The number of phosphoric ester groups is 1. The van der Waals surface area contributed by atoms with E-state index < -0.39 is 26.5 Å². The Labute approximate surface area is 597 Å². The molecule has 0 amide bonds. The second-order valence-electron chi connectivity index (χ2n) is 29.8. The molecule has 9 nitrogen and oxygen atoms in total. The van der Waals surface area contributed by atoms with E-state index in [2.05, 4.69) is 74.6 Å². The van der Waals surface area contributed by atoms with Crippen LogP contribution in [0, 0.1) is 0 Å². The number of nitrogens with zero attached hydrogens (tertiary/aromatic N) is 1. The molecule has 0 aliphatic carbocycles. The van der Waals surface area contributed by atoms with Crippen molar-refractivity contribution in [3.63, 3.8) is 0 Å². The quantitative estimate of drug-likeness (QED) is 0.0211. The fraction of sp³-hybridized carbons (Fsp3) is 0.860. The summed E-state index contributed by atoms with van der Waals surface area (Å²) in [6.45, 7) is 4.40. The molecule has 0 aliphatic rings. The summed E-state index contributed by atoms with van der Waals surface area (Å²) in [7, 11) is 1.50. The van der Waals surface area contributed by atoms with Gasteiger partial charge in [0.25, 0.3) is 0 Å². The second-order valence-corrected chi connectivity index (χ2v) is 31.3. The highest BCUT2D eigenvalue weighted by molar-refractivity contribution is 7.47. The molecular formula is C86H163NO8P+. The number of rotatable bonds is 79. The van der Waals surface area contributed by atoms with Gasteiger partial charge in [0.15, 0.2) is 6.10 Å². The normalized spacial score (nSPS) is 13.3. The lowest BCUT2D eigenvalue weighted by Crippen LogP contribution is -2.37. The van der Waals surface area contributed by atoms with Gasteiger partial charge >= 0.3 is 19.8 Å². The molecule has 0 radical (unpaired) electrons. The number of likely N-dealkylation sites (N-methyl/N-ethyl adjacent to an activating group) is 1. The summed E-state index contributed by atoms with van der Waals surface area (Å²) in [5.74, 6) is -0.771.